The lowest BCUT2D eigenvalue weighted by Crippen LogP contribution is -2.52. The van der Waals surface area contributed by atoms with Gasteiger partial charge in [-0.3, -0.25) is 14.5 Å². The zero-order chi connectivity index (χ0) is 26.5. The standard InChI is InChI=1S/C27H37N3O7/c1-34-24-9-8-21(15-25(24)37-19-20-6-4-3-5-7-20)14-23(27(33)35-2)28-16-22(18-31)29-26(32)17-30-10-12-36-13-11-30/h3-9,15,22-23,28,31H,10-14,16-19H2,1-2H3,(H,29,32)/t22-,23+/m1/s1. The number of aliphatic hydroxyl groups excluding tert-OH is 1. The van der Waals surface area contributed by atoms with E-state index in [0.29, 0.717) is 50.8 Å². The zero-order valence-electron chi connectivity index (χ0n) is 21.5. The molecule has 1 aliphatic heterocycles. The molecule has 3 N–H and O–H groups in total. The second-order valence-corrected chi connectivity index (χ2v) is 8.78. The van der Waals surface area contributed by atoms with E-state index < -0.39 is 18.1 Å². The summed E-state index contributed by atoms with van der Waals surface area (Å²) in [6, 6.07) is 14.1. The van der Waals surface area contributed by atoms with Crippen LogP contribution in [0.2, 0.25) is 0 Å². The molecule has 0 aromatic heterocycles. The Labute approximate surface area is 217 Å². The number of carbonyl (C=O) groups is 2. The van der Waals surface area contributed by atoms with Crippen LogP contribution >= 0.6 is 0 Å². The van der Waals surface area contributed by atoms with E-state index >= 15 is 0 Å². The lowest BCUT2D eigenvalue weighted by atomic mass is 10.0. The van der Waals surface area contributed by atoms with Crippen molar-refractivity contribution in [1.29, 1.82) is 0 Å². The topological polar surface area (TPSA) is 119 Å². The molecule has 1 amide bonds. The quantitative estimate of drug-likeness (QED) is 0.313. The number of benzene rings is 2. The first kappa shape index (κ1) is 28.4. The van der Waals surface area contributed by atoms with E-state index in [9.17, 15) is 14.7 Å². The number of nitrogens with zero attached hydrogens (tertiary/aromatic N) is 1. The van der Waals surface area contributed by atoms with Gasteiger partial charge in [0.1, 0.15) is 12.6 Å². The van der Waals surface area contributed by atoms with Crippen LogP contribution in [-0.2, 0) is 32.1 Å². The fourth-order valence-corrected chi connectivity index (χ4v) is 3.99. The number of aliphatic hydroxyl groups is 1. The summed E-state index contributed by atoms with van der Waals surface area (Å²) in [5.74, 6) is 0.522. The molecule has 2 atom stereocenters. The zero-order valence-corrected chi connectivity index (χ0v) is 21.5. The Morgan fingerprint density at radius 3 is 2.49 bits per heavy atom. The molecule has 1 aliphatic rings. The molecule has 0 aliphatic carbocycles. The van der Waals surface area contributed by atoms with Gasteiger partial charge in [-0.25, -0.2) is 0 Å². The Morgan fingerprint density at radius 2 is 1.81 bits per heavy atom. The van der Waals surface area contributed by atoms with Crippen LogP contribution < -0.4 is 20.1 Å². The van der Waals surface area contributed by atoms with Crippen LogP contribution in [0.25, 0.3) is 0 Å². The fraction of sp³-hybridized carbons (Fsp3) is 0.481. The van der Waals surface area contributed by atoms with Crippen molar-refractivity contribution in [1.82, 2.24) is 15.5 Å². The smallest absolute Gasteiger partial charge is 0.323 e. The number of methoxy groups -OCH3 is 2. The number of morpholine rings is 1. The maximum Gasteiger partial charge on any atom is 0.323 e. The molecule has 2 aromatic rings. The van der Waals surface area contributed by atoms with Crippen LogP contribution in [0.1, 0.15) is 11.1 Å². The minimum atomic E-state index is -0.689. The van der Waals surface area contributed by atoms with Gasteiger partial charge in [-0.2, -0.15) is 0 Å². The van der Waals surface area contributed by atoms with Gasteiger partial charge in [0.15, 0.2) is 11.5 Å². The Balaban J connectivity index is 1.59. The third-order valence-corrected chi connectivity index (χ3v) is 6.06. The molecule has 0 unspecified atom stereocenters. The third-order valence-electron chi connectivity index (χ3n) is 6.06. The molecule has 0 spiro atoms. The van der Waals surface area contributed by atoms with Crippen molar-refractivity contribution in [3.8, 4) is 11.5 Å². The Bertz CT molecular complexity index is 983. The Morgan fingerprint density at radius 1 is 1.05 bits per heavy atom. The van der Waals surface area contributed by atoms with E-state index in [2.05, 4.69) is 10.6 Å². The minimum absolute atomic E-state index is 0.187. The molecule has 1 saturated heterocycles. The first-order chi connectivity index (χ1) is 18.0. The van der Waals surface area contributed by atoms with E-state index in [0.717, 1.165) is 11.1 Å². The number of rotatable bonds is 14. The monoisotopic (exact) mass is 515 g/mol. The van der Waals surface area contributed by atoms with Crippen LogP contribution in [0.5, 0.6) is 11.5 Å². The van der Waals surface area contributed by atoms with Crippen LogP contribution in [0.4, 0.5) is 0 Å². The average molecular weight is 516 g/mol. The lowest BCUT2D eigenvalue weighted by molar-refractivity contribution is -0.143. The van der Waals surface area contributed by atoms with Crippen LogP contribution in [0.3, 0.4) is 0 Å². The van der Waals surface area contributed by atoms with Crippen LogP contribution in [0.15, 0.2) is 48.5 Å². The number of nitrogens with one attached hydrogen (secondary N) is 2. The molecular formula is C27H37N3O7. The van der Waals surface area contributed by atoms with Crippen molar-refractivity contribution in [2.75, 3.05) is 60.2 Å². The number of hydrogen-bond acceptors (Lipinski definition) is 9. The number of ether oxygens (including phenoxy) is 4. The predicted octanol–water partition coefficient (Wildman–Crippen LogP) is 0.757. The first-order valence-corrected chi connectivity index (χ1v) is 12.4. The van der Waals surface area contributed by atoms with Gasteiger partial charge >= 0.3 is 5.97 Å². The summed E-state index contributed by atoms with van der Waals surface area (Å²) in [6.07, 6.45) is 0.318. The molecule has 10 nitrogen and oxygen atoms in total. The SMILES string of the molecule is COC(=O)[C@H](Cc1ccc(OC)c(OCc2ccccc2)c1)NC[C@H](CO)NC(=O)CN1CCOCC1. The molecule has 0 saturated carbocycles. The number of carbonyl (C=O) groups excluding carboxylic acids is 2. The fourth-order valence-electron chi connectivity index (χ4n) is 3.99. The first-order valence-electron chi connectivity index (χ1n) is 12.4. The highest BCUT2D eigenvalue weighted by atomic mass is 16.5. The lowest BCUT2D eigenvalue weighted by Gasteiger charge is -2.27. The summed E-state index contributed by atoms with van der Waals surface area (Å²) in [5.41, 5.74) is 1.86. The summed E-state index contributed by atoms with van der Waals surface area (Å²) in [6.45, 7) is 3.12. The third kappa shape index (κ3) is 9.32. The van der Waals surface area contributed by atoms with Gasteiger partial charge < -0.3 is 34.7 Å². The molecule has 1 heterocycles. The molecule has 37 heavy (non-hydrogen) atoms. The van der Waals surface area contributed by atoms with Crippen molar-refractivity contribution in [3.63, 3.8) is 0 Å². The summed E-state index contributed by atoms with van der Waals surface area (Å²) < 4.78 is 21.7. The van der Waals surface area contributed by atoms with Crippen molar-refractivity contribution in [2.24, 2.45) is 0 Å². The predicted molar refractivity (Wildman–Crippen MR) is 138 cm³/mol. The minimum Gasteiger partial charge on any atom is -0.493 e. The number of amides is 1. The number of hydrogen-bond donors (Lipinski definition) is 3. The Hall–Kier alpha value is -3.18. The van der Waals surface area contributed by atoms with Crippen molar-refractivity contribution in [3.05, 3.63) is 59.7 Å². The van der Waals surface area contributed by atoms with Gasteiger partial charge in [0.05, 0.1) is 46.6 Å². The van der Waals surface area contributed by atoms with Crippen molar-refractivity contribution >= 4 is 11.9 Å². The van der Waals surface area contributed by atoms with E-state index in [1.165, 1.54) is 7.11 Å². The Kier molecular flexibility index (Phi) is 11.6. The summed E-state index contributed by atoms with van der Waals surface area (Å²) in [5, 5.41) is 15.7. The molecule has 0 radical (unpaired) electrons. The van der Waals surface area contributed by atoms with Gasteiger partial charge in [-0.05, 0) is 29.7 Å². The molecule has 202 valence electrons. The summed E-state index contributed by atoms with van der Waals surface area (Å²) >= 11 is 0. The van der Waals surface area contributed by atoms with Gasteiger partial charge in [-0.1, -0.05) is 36.4 Å². The van der Waals surface area contributed by atoms with Crippen LogP contribution in [0, 0.1) is 0 Å². The molecule has 3 rings (SSSR count). The van der Waals surface area contributed by atoms with Crippen LogP contribution in [-0.4, -0.2) is 94.2 Å². The molecule has 10 heteroatoms. The second kappa shape index (κ2) is 15.2. The van der Waals surface area contributed by atoms with Crippen molar-refractivity contribution < 1.29 is 33.6 Å². The van der Waals surface area contributed by atoms with E-state index in [4.69, 9.17) is 18.9 Å². The molecular weight excluding hydrogens is 478 g/mol. The molecule has 0 bridgehead atoms. The van der Waals surface area contributed by atoms with E-state index in [1.54, 1.807) is 13.2 Å². The summed E-state index contributed by atoms with van der Waals surface area (Å²) in [7, 11) is 2.90. The normalized spacial score (nSPS) is 15.4. The maximum atomic E-state index is 12.5. The van der Waals surface area contributed by atoms with Gasteiger partial charge in [0.2, 0.25) is 5.91 Å². The highest BCUT2D eigenvalue weighted by Gasteiger charge is 2.23. The molecule has 1 fully saturated rings. The number of esters is 1. The van der Waals surface area contributed by atoms with Gasteiger partial charge in [0.25, 0.3) is 0 Å². The van der Waals surface area contributed by atoms with E-state index in [-0.39, 0.29) is 25.6 Å². The van der Waals surface area contributed by atoms with E-state index in [1.807, 2.05) is 47.4 Å². The molecule has 2 aromatic carbocycles. The highest BCUT2D eigenvalue weighted by Crippen LogP contribution is 2.29. The highest BCUT2D eigenvalue weighted by molar-refractivity contribution is 5.78. The van der Waals surface area contributed by atoms with Gasteiger partial charge in [0, 0.05) is 19.6 Å². The largest absolute Gasteiger partial charge is 0.493 e. The van der Waals surface area contributed by atoms with Crippen molar-refractivity contribution in [2.45, 2.75) is 25.1 Å². The average Bonchev–Trinajstić information content (AvgIpc) is 2.94. The second-order valence-electron chi connectivity index (χ2n) is 8.78. The summed E-state index contributed by atoms with van der Waals surface area (Å²) in [4.78, 5) is 26.9. The maximum absolute atomic E-state index is 12.5. The van der Waals surface area contributed by atoms with Gasteiger partial charge in [-0.15, -0.1) is 0 Å².